The lowest BCUT2D eigenvalue weighted by molar-refractivity contribution is 0.152. The zero-order valence-electron chi connectivity index (χ0n) is 11.2. The molecular formula is C12H25N3OS. The van der Waals surface area contributed by atoms with Crippen LogP contribution in [0.4, 0.5) is 0 Å². The molecule has 100 valence electrons. The molecule has 1 N–H and O–H groups in total. The highest BCUT2D eigenvalue weighted by Crippen LogP contribution is 2.20. The Balaban J connectivity index is 2.33. The van der Waals surface area contributed by atoms with Gasteiger partial charge < -0.3 is 15.0 Å². The zero-order chi connectivity index (χ0) is 12.5. The summed E-state index contributed by atoms with van der Waals surface area (Å²) in [5.41, 5.74) is 0. The van der Waals surface area contributed by atoms with Crippen molar-refractivity contribution in [2.24, 2.45) is 4.99 Å². The Hall–Kier alpha value is -0.420. The van der Waals surface area contributed by atoms with Crippen molar-refractivity contribution in [1.29, 1.82) is 0 Å². The Bertz CT molecular complexity index is 236. The van der Waals surface area contributed by atoms with Gasteiger partial charge in [-0.2, -0.15) is 11.8 Å². The third kappa shape index (κ3) is 5.17. The third-order valence-electron chi connectivity index (χ3n) is 2.84. The van der Waals surface area contributed by atoms with E-state index in [0.29, 0.717) is 0 Å². The number of ether oxygens (including phenoxy) is 1. The lowest BCUT2D eigenvalue weighted by Crippen LogP contribution is -2.48. The molecule has 0 bridgehead atoms. The van der Waals surface area contributed by atoms with Gasteiger partial charge in [0, 0.05) is 44.3 Å². The number of nitrogens with one attached hydrogen (secondary N) is 1. The summed E-state index contributed by atoms with van der Waals surface area (Å²) in [5.74, 6) is 2.22. The quantitative estimate of drug-likeness (QED) is 0.460. The van der Waals surface area contributed by atoms with E-state index in [1.54, 1.807) is 0 Å². The topological polar surface area (TPSA) is 36.9 Å². The standard InChI is InChI=1S/C12H25N3OS/c1-4-11-10-15(7-9-17-11)12(13-3)14-6-8-16-5-2/h11H,4-10H2,1-3H3,(H,13,14). The van der Waals surface area contributed by atoms with Gasteiger partial charge in [-0.25, -0.2) is 0 Å². The maximum Gasteiger partial charge on any atom is 0.193 e. The maximum atomic E-state index is 5.32. The highest BCUT2D eigenvalue weighted by molar-refractivity contribution is 8.00. The van der Waals surface area contributed by atoms with E-state index in [4.69, 9.17) is 4.74 Å². The summed E-state index contributed by atoms with van der Waals surface area (Å²) in [6.45, 7) is 8.83. The monoisotopic (exact) mass is 259 g/mol. The predicted octanol–water partition coefficient (Wildman–Crippen LogP) is 1.43. The number of aliphatic imine (C=N–C) groups is 1. The van der Waals surface area contributed by atoms with Crippen LogP contribution >= 0.6 is 11.8 Å². The van der Waals surface area contributed by atoms with Crippen molar-refractivity contribution in [3.63, 3.8) is 0 Å². The molecule has 1 saturated heterocycles. The summed E-state index contributed by atoms with van der Waals surface area (Å²) >= 11 is 2.08. The zero-order valence-corrected chi connectivity index (χ0v) is 12.1. The van der Waals surface area contributed by atoms with Gasteiger partial charge in [0.2, 0.25) is 0 Å². The molecule has 0 radical (unpaired) electrons. The molecule has 0 aromatic carbocycles. The Kier molecular flexibility index (Phi) is 7.44. The molecule has 0 aromatic rings. The Morgan fingerprint density at radius 2 is 2.35 bits per heavy atom. The molecule has 0 amide bonds. The van der Waals surface area contributed by atoms with Crippen LogP contribution in [0.2, 0.25) is 0 Å². The first-order chi connectivity index (χ1) is 8.31. The van der Waals surface area contributed by atoms with Crippen molar-refractivity contribution in [3.05, 3.63) is 0 Å². The molecule has 1 aliphatic heterocycles. The number of hydrogen-bond donors (Lipinski definition) is 1. The molecule has 1 atom stereocenters. The fourth-order valence-electron chi connectivity index (χ4n) is 1.87. The summed E-state index contributed by atoms with van der Waals surface area (Å²) in [6.07, 6.45) is 1.23. The van der Waals surface area contributed by atoms with Crippen molar-refractivity contribution < 1.29 is 4.74 Å². The Morgan fingerprint density at radius 1 is 1.53 bits per heavy atom. The first kappa shape index (κ1) is 14.6. The molecule has 0 saturated carbocycles. The minimum Gasteiger partial charge on any atom is -0.380 e. The minimum atomic E-state index is 0.745. The molecule has 1 fully saturated rings. The molecule has 0 spiro atoms. The van der Waals surface area contributed by atoms with E-state index in [2.05, 4.69) is 33.9 Å². The van der Waals surface area contributed by atoms with Crippen LogP contribution in [-0.4, -0.2) is 61.8 Å². The molecule has 0 aromatic heterocycles. The van der Waals surface area contributed by atoms with Crippen molar-refractivity contribution in [2.45, 2.75) is 25.5 Å². The lowest BCUT2D eigenvalue weighted by atomic mass is 10.3. The largest absolute Gasteiger partial charge is 0.380 e. The van der Waals surface area contributed by atoms with Crippen molar-refractivity contribution in [3.8, 4) is 0 Å². The molecule has 5 heteroatoms. The second kappa shape index (κ2) is 8.64. The van der Waals surface area contributed by atoms with Gasteiger partial charge in [-0.1, -0.05) is 6.92 Å². The maximum absolute atomic E-state index is 5.32. The van der Waals surface area contributed by atoms with Crippen LogP contribution in [0.1, 0.15) is 20.3 Å². The van der Waals surface area contributed by atoms with Gasteiger partial charge in [-0.3, -0.25) is 4.99 Å². The Labute approximate surface area is 109 Å². The van der Waals surface area contributed by atoms with Crippen LogP contribution in [0.3, 0.4) is 0 Å². The van der Waals surface area contributed by atoms with Gasteiger partial charge in [0.25, 0.3) is 0 Å². The first-order valence-electron chi connectivity index (χ1n) is 6.46. The number of rotatable bonds is 5. The van der Waals surface area contributed by atoms with Gasteiger partial charge in [0.05, 0.1) is 6.61 Å². The minimum absolute atomic E-state index is 0.745. The normalized spacial score (nSPS) is 21.7. The van der Waals surface area contributed by atoms with Crippen LogP contribution < -0.4 is 5.32 Å². The van der Waals surface area contributed by atoms with E-state index in [9.17, 15) is 0 Å². The van der Waals surface area contributed by atoms with Gasteiger partial charge >= 0.3 is 0 Å². The summed E-state index contributed by atoms with van der Waals surface area (Å²) in [4.78, 5) is 6.70. The molecule has 1 aliphatic rings. The summed E-state index contributed by atoms with van der Waals surface area (Å²) < 4.78 is 5.32. The molecule has 0 aliphatic carbocycles. The van der Waals surface area contributed by atoms with E-state index in [-0.39, 0.29) is 0 Å². The average molecular weight is 259 g/mol. The van der Waals surface area contributed by atoms with Crippen LogP contribution in [0.5, 0.6) is 0 Å². The van der Waals surface area contributed by atoms with Crippen molar-refractivity contribution >= 4 is 17.7 Å². The molecule has 17 heavy (non-hydrogen) atoms. The number of hydrogen-bond acceptors (Lipinski definition) is 3. The van der Waals surface area contributed by atoms with Crippen molar-refractivity contribution in [1.82, 2.24) is 10.2 Å². The lowest BCUT2D eigenvalue weighted by Gasteiger charge is -2.34. The molecule has 4 nitrogen and oxygen atoms in total. The molecular weight excluding hydrogens is 234 g/mol. The predicted molar refractivity (Wildman–Crippen MR) is 76.0 cm³/mol. The van der Waals surface area contributed by atoms with Gasteiger partial charge in [-0.05, 0) is 13.3 Å². The fraction of sp³-hybridized carbons (Fsp3) is 0.917. The Morgan fingerprint density at radius 3 is 3.00 bits per heavy atom. The van der Waals surface area contributed by atoms with E-state index in [1.807, 2.05) is 14.0 Å². The second-order valence-electron chi connectivity index (χ2n) is 4.02. The third-order valence-corrected chi connectivity index (χ3v) is 4.21. The summed E-state index contributed by atoms with van der Waals surface area (Å²) in [6, 6.07) is 0. The first-order valence-corrected chi connectivity index (χ1v) is 7.51. The smallest absolute Gasteiger partial charge is 0.193 e. The number of guanidine groups is 1. The van der Waals surface area contributed by atoms with E-state index < -0.39 is 0 Å². The highest BCUT2D eigenvalue weighted by Gasteiger charge is 2.21. The molecule has 1 unspecified atom stereocenters. The number of nitrogens with zero attached hydrogens (tertiary/aromatic N) is 2. The van der Waals surface area contributed by atoms with Gasteiger partial charge in [-0.15, -0.1) is 0 Å². The SMILES string of the molecule is CCOCCNC(=NC)N1CCSC(CC)C1. The summed E-state index contributed by atoms with van der Waals surface area (Å²) in [5, 5.41) is 4.10. The van der Waals surface area contributed by atoms with Crippen LogP contribution in [-0.2, 0) is 4.74 Å². The van der Waals surface area contributed by atoms with Gasteiger partial charge in [0.1, 0.15) is 0 Å². The molecule has 1 rings (SSSR count). The number of thioether (sulfide) groups is 1. The highest BCUT2D eigenvalue weighted by atomic mass is 32.2. The van der Waals surface area contributed by atoms with E-state index in [0.717, 1.165) is 44.1 Å². The second-order valence-corrected chi connectivity index (χ2v) is 5.43. The van der Waals surface area contributed by atoms with Crippen LogP contribution in [0.15, 0.2) is 4.99 Å². The van der Waals surface area contributed by atoms with Crippen LogP contribution in [0.25, 0.3) is 0 Å². The molecule has 1 heterocycles. The summed E-state index contributed by atoms with van der Waals surface area (Å²) in [7, 11) is 1.85. The van der Waals surface area contributed by atoms with E-state index in [1.165, 1.54) is 12.2 Å². The van der Waals surface area contributed by atoms with E-state index >= 15 is 0 Å². The van der Waals surface area contributed by atoms with Crippen molar-refractivity contribution in [2.75, 3.05) is 45.6 Å². The average Bonchev–Trinajstić information content (AvgIpc) is 2.39. The van der Waals surface area contributed by atoms with Crippen LogP contribution in [0, 0.1) is 0 Å². The fourth-order valence-corrected chi connectivity index (χ4v) is 3.05. The van der Waals surface area contributed by atoms with Gasteiger partial charge in [0.15, 0.2) is 5.96 Å².